The van der Waals surface area contributed by atoms with Crippen LogP contribution in [0.25, 0.3) is 0 Å². The summed E-state index contributed by atoms with van der Waals surface area (Å²) in [5.74, 6) is 0.0506. The number of cyclic esters (lactones) is 1. The van der Waals surface area contributed by atoms with Gasteiger partial charge in [-0.3, -0.25) is 9.59 Å². The third-order valence-corrected chi connectivity index (χ3v) is 4.41. The van der Waals surface area contributed by atoms with Crippen molar-refractivity contribution in [2.45, 2.75) is 19.4 Å². The maximum atomic E-state index is 12.2. The van der Waals surface area contributed by atoms with Crippen LogP contribution in [0.15, 0.2) is 24.3 Å². The molecule has 1 atom stereocenters. The van der Waals surface area contributed by atoms with Crippen molar-refractivity contribution in [1.29, 1.82) is 0 Å². The maximum absolute atomic E-state index is 12.2. The molecule has 2 fully saturated rings. The SMILES string of the molecule is CC(=O)O.O=C1N[C@H](C(=O)N2CC3(COc4ccccc4C3)C2)CO1. The average Bonchev–Trinajstić information content (AvgIpc) is 2.97. The summed E-state index contributed by atoms with van der Waals surface area (Å²) in [5.41, 5.74) is 1.22. The predicted molar refractivity (Wildman–Crippen MR) is 86.2 cm³/mol. The van der Waals surface area contributed by atoms with E-state index in [4.69, 9.17) is 19.4 Å². The van der Waals surface area contributed by atoms with Crippen LogP contribution in [0.5, 0.6) is 5.75 Å². The van der Waals surface area contributed by atoms with E-state index < -0.39 is 18.1 Å². The Bertz CT molecular complexity index is 694. The van der Waals surface area contributed by atoms with E-state index in [2.05, 4.69) is 11.4 Å². The molecule has 0 saturated carbocycles. The van der Waals surface area contributed by atoms with Crippen LogP contribution in [-0.4, -0.2) is 60.3 Å². The molecule has 4 rings (SSSR count). The fraction of sp³-hybridized carbons (Fsp3) is 0.471. The minimum atomic E-state index is -0.833. The first-order chi connectivity index (χ1) is 11.9. The molecule has 134 valence electrons. The zero-order valence-corrected chi connectivity index (χ0v) is 13.9. The monoisotopic (exact) mass is 348 g/mol. The molecule has 1 spiro atoms. The highest BCUT2D eigenvalue weighted by Crippen LogP contribution is 2.41. The van der Waals surface area contributed by atoms with Crippen LogP contribution >= 0.6 is 0 Å². The van der Waals surface area contributed by atoms with Gasteiger partial charge < -0.3 is 24.8 Å². The van der Waals surface area contributed by atoms with E-state index in [1.807, 2.05) is 18.2 Å². The number of aliphatic carboxylic acids is 1. The number of alkyl carbamates (subject to hydrolysis) is 1. The van der Waals surface area contributed by atoms with Crippen molar-refractivity contribution in [3.05, 3.63) is 29.8 Å². The van der Waals surface area contributed by atoms with Gasteiger partial charge in [-0.05, 0) is 18.1 Å². The van der Waals surface area contributed by atoms with Gasteiger partial charge in [-0.25, -0.2) is 4.79 Å². The summed E-state index contributed by atoms with van der Waals surface area (Å²) < 4.78 is 10.6. The Kier molecular flexibility index (Phi) is 4.52. The number of nitrogens with zero attached hydrogens (tertiary/aromatic N) is 1. The van der Waals surface area contributed by atoms with Gasteiger partial charge in [0.15, 0.2) is 0 Å². The minimum Gasteiger partial charge on any atom is -0.493 e. The lowest BCUT2D eigenvalue weighted by atomic mass is 9.73. The second-order valence-corrected chi connectivity index (χ2v) is 6.58. The third kappa shape index (κ3) is 3.67. The molecule has 2 N–H and O–H groups in total. The predicted octanol–water partition coefficient (Wildman–Crippen LogP) is 0.649. The molecule has 1 aromatic rings. The largest absolute Gasteiger partial charge is 0.493 e. The number of carboxylic acid groups (broad SMARTS) is 1. The van der Waals surface area contributed by atoms with Crippen molar-refractivity contribution in [1.82, 2.24) is 10.2 Å². The van der Waals surface area contributed by atoms with Gasteiger partial charge in [0.05, 0.1) is 6.61 Å². The number of carbonyl (C=O) groups excluding carboxylic acids is 2. The Morgan fingerprint density at radius 2 is 1.96 bits per heavy atom. The molecule has 2 saturated heterocycles. The fourth-order valence-corrected chi connectivity index (χ4v) is 3.34. The Labute approximate surface area is 144 Å². The summed E-state index contributed by atoms with van der Waals surface area (Å²) in [6, 6.07) is 7.50. The molecule has 0 bridgehead atoms. The van der Waals surface area contributed by atoms with Crippen LogP contribution in [0.1, 0.15) is 12.5 Å². The molecule has 8 heteroatoms. The van der Waals surface area contributed by atoms with Crippen LogP contribution in [0.4, 0.5) is 4.79 Å². The van der Waals surface area contributed by atoms with Crippen LogP contribution < -0.4 is 10.1 Å². The highest BCUT2D eigenvalue weighted by Gasteiger charge is 2.49. The zero-order valence-electron chi connectivity index (χ0n) is 13.9. The van der Waals surface area contributed by atoms with Crippen LogP contribution in [-0.2, 0) is 20.7 Å². The van der Waals surface area contributed by atoms with Gasteiger partial charge >= 0.3 is 6.09 Å². The summed E-state index contributed by atoms with van der Waals surface area (Å²) in [4.78, 5) is 34.0. The molecule has 3 aliphatic rings. The number of amides is 2. The molecular formula is C17H20N2O6. The first-order valence-corrected chi connectivity index (χ1v) is 8.01. The number of nitrogens with one attached hydrogen (secondary N) is 1. The van der Waals surface area contributed by atoms with Gasteiger partial charge in [0.2, 0.25) is 5.91 Å². The van der Waals surface area contributed by atoms with Crippen molar-refractivity contribution in [2.75, 3.05) is 26.3 Å². The van der Waals surface area contributed by atoms with Crippen molar-refractivity contribution < 1.29 is 29.0 Å². The number of benzene rings is 1. The second kappa shape index (κ2) is 6.62. The quantitative estimate of drug-likeness (QED) is 0.772. The lowest BCUT2D eigenvalue weighted by Gasteiger charge is -2.52. The normalized spacial score (nSPS) is 22.4. The number of carbonyl (C=O) groups is 3. The minimum absolute atomic E-state index is 0.0213. The summed E-state index contributed by atoms with van der Waals surface area (Å²) in [6.45, 7) is 3.20. The number of hydrogen-bond acceptors (Lipinski definition) is 5. The molecule has 3 aliphatic heterocycles. The smallest absolute Gasteiger partial charge is 0.407 e. The van der Waals surface area contributed by atoms with E-state index in [-0.39, 0.29) is 17.9 Å². The van der Waals surface area contributed by atoms with Gasteiger partial charge in [-0.15, -0.1) is 0 Å². The van der Waals surface area contributed by atoms with E-state index in [0.717, 1.165) is 19.1 Å². The number of likely N-dealkylation sites (tertiary alicyclic amines) is 1. The number of hydrogen-bond donors (Lipinski definition) is 2. The molecule has 2 amide bonds. The molecule has 1 aromatic carbocycles. The zero-order chi connectivity index (χ0) is 18.0. The van der Waals surface area contributed by atoms with Gasteiger partial charge in [0.25, 0.3) is 5.97 Å². The third-order valence-electron chi connectivity index (χ3n) is 4.41. The molecular weight excluding hydrogens is 328 g/mol. The average molecular weight is 348 g/mol. The summed E-state index contributed by atoms with van der Waals surface area (Å²) in [7, 11) is 0. The van der Waals surface area contributed by atoms with Crippen molar-refractivity contribution in [2.24, 2.45) is 5.41 Å². The fourth-order valence-electron chi connectivity index (χ4n) is 3.34. The molecule has 3 heterocycles. The molecule has 0 aliphatic carbocycles. The van der Waals surface area contributed by atoms with E-state index >= 15 is 0 Å². The van der Waals surface area contributed by atoms with Gasteiger partial charge in [0, 0.05) is 25.4 Å². The molecule has 0 radical (unpaired) electrons. The van der Waals surface area contributed by atoms with Gasteiger partial charge in [-0.1, -0.05) is 18.2 Å². The van der Waals surface area contributed by atoms with E-state index in [1.165, 1.54) is 5.56 Å². The number of ether oxygens (including phenoxy) is 2. The Morgan fingerprint density at radius 3 is 2.60 bits per heavy atom. The summed E-state index contributed by atoms with van der Waals surface area (Å²) >= 11 is 0. The summed E-state index contributed by atoms with van der Waals surface area (Å²) in [6.07, 6.45) is 0.416. The Morgan fingerprint density at radius 1 is 1.28 bits per heavy atom. The highest BCUT2D eigenvalue weighted by atomic mass is 16.6. The first-order valence-electron chi connectivity index (χ1n) is 8.01. The van der Waals surface area contributed by atoms with Crippen LogP contribution in [0.2, 0.25) is 0 Å². The molecule has 0 aromatic heterocycles. The van der Waals surface area contributed by atoms with Crippen LogP contribution in [0.3, 0.4) is 0 Å². The number of fused-ring (bicyclic) bond motifs is 1. The van der Waals surface area contributed by atoms with Crippen LogP contribution in [0, 0.1) is 5.41 Å². The van der Waals surface area contributed by atoms with Crippen molar-refractivity contribution in [3.63, 3.8) is 0 Å². The van der Waals surface area contributed by atoms with E-state index in [1.54, 1.807) is 4.90 Å². The van der Waals surface area contributed by atoms with Gasteiger partial charge in [0.1, 0.15) is 18.4 Å². The molecule has 8 nitrogen and oxygen atoms in total. The summed E-state index contributed by atoms with van der Waals surface area (Å²) in [5, 5.41) is 9.94. The van der Waals surface area contributed by atoms with E-state index in [0.29, 0.717) is 19.7 Å². The Hall–Kier alpha value is -2.77. The van der Waals surface area contributed by atoms with Gasteiger partial charge in [-0.2, -0.15) is 0 Å². The number of para-hydroxylation sites is 1. The molecule has 0 unspecified atom stereocenters. The van der Waals surface area contributed by atoms with Crippen molar-refractivity contribution in [3.8, 4) is 5.75 Å². The lowest BCUT2D eigenvalue weighted by Crippen LogP contribution is -2.65. The highest BCUT2D eigenvalue weighted by molar-refractivity contribution is 5.88. The second-order valence-electron chi connectivity index (χ2n) is 6.58. The lowest BCUT2D eigenvalue weighted by molar-refractivity contribution is -0.148. The first kappa shape index (κ1) is 17.1. The number of rotatable bonds is 1. The standard InChI is InChI=1S/C15H16N2O4.C2H4O2/c18-13(11-6-20-14(19)16-11)17-7-15(8-17)5-10-3-1-2-4-12(10)21-9-15;1-2(3)4/h1-4,11H,5-9H2,(H,16,19);1H3,(H,3,4)/t11-;/m0./s1. The maximum Gasteiger partial charge on any atom is 0.407 e. The topological polar surface area (TPSA) is 105 Å². The van der Waals surface area contributed by atoms with Crippen molar-refractivity contribution >= 4 is 18.0 Å². The Balaban J connectivity index is 0.000000415. The molecule has 25 heavy (non-hydrogen) atoms. The van der Waals surface area contributed by atoms with E-state index in [9.17, 15) is 9.59 Å². The number of carboxylic acids is 1.